The summed E-state index contributed by atoms with van der Waals surface area (Å²) in [6, 6.07) is 10.9. The quantitative estimate of drug-likeness (QED) is 0.711. The minimum atomic E-state index is -0.392. The lowest BCUT2D eigenvalue weighted by Crippen LogP contribution is -2.38. The van der Waals surface area contributed by atoms with Crippen LogP contribution in [0.2, 0.25) is 0 Å². The predicted octanol–water partition coefficient (Wildman–Crippen LogP) is 3.75. The van der Waals surface area contributed by atoms with Crippen LogP contribution < -0.4 is 5.32 Å². The molecule has 1 atom stereocenters. The highest BCUT2D eigenvalue weighted by molar-refractivity contribution is 5.74. The molecule has 0 aliphatic rings. The predicted molar refractivity (Wildman–Crippen MR) is 98.7 cm³/mol. The lowest BCUT2D eigenvalue weighted by molar-refractivity contribution is 0.199. The molecule has 2 amide bonds. The second-order valence-electron chi connectivity index (χ2n) is 6.72. The van der Waals surface area contributed by atoms with Gasteiger partial charge in [0.15, 0.2) is 11.6 Å². The number of benzene rings is 1. The Morgan fingerprint density at radius 1 is 1.15 bits per heavy atom. The smallest absolute Gasteiger partial charge is 0.318 e. The molecular weight excluding hydrogens is 346 g/mol. The second-order valence-corrected chi connectivity index (χ2v) is 6.72. The molecule has 3 aromatic rings. The molecule has 0 aliphatic carbocycles. The van der Waals surface area contributed by atoms with Crippen molar-refractivity contribution >= 4 is 6.03 Å². The van der Waals surface area contributed by atoms with E-state index < -0.39 is 6.04 Å². The van der Waals surface area contributed by atoms with Crippen molar-refractivity contribution in [1.29, 1.82) is 0 Å². The van der Waals surface area contributed by atoms with Crippen LogP contribution in [-0.2, 0) is 6.54 Å². The third kappa shape index (κ3) is 4.52. The van der Waals surface area contributed by atoms with E-state index in [9.17, 15) is 4.79 Å². The standard InChI is InChI=1S/C19H23N5O3/c1-12(2)17-21-18(27-23-17)13(3)20-19(25)24(4)11-15-10-16(26-22-15)14-8-6-5-7-9-14/h5-10,12-13H,11H2,1-4H3,(H,20,25)/t13-/m1/s1. The maximum absolute atomic E-state index is 12.4. The molecule has 0 radical (unpaired) electrons. The fraction of sp³-hybridized carbons (Fsp3) is 0.368. The van der Waals surface area contributed by atoms with Gasteiger partial charge in [0, 0.05) is 24.6 Å². The Morgan fingerprint density at radius 3 is 2.56 bits per heavy atom. The summed E-state index contributed by atoms with van der Waals surface area (Å²) >= 11 is 0. The van der Waals surface area contributed by atoms with Crippen LogP contribution in [0, 0.1) is 0 Å². The van der Waals surface area contributed by atoms with Crippen LogP contribution in [0.25, 0.3) is 11.3 Å². The monoisotopic (exact) mass is 369 g/mol. The van der Waals surface area contributed by atoms with Crippen molar-refractivity contribution < 1.29 is 13.8 Å². The van der Waals surface area contributed by atoms with Crippen LogP contribution in [0.1, 0.15) is 50.1 Å². The maximum atomic E-state index is 12.4. The molecule has 0 spiro atoms. The summed E-state index contributed by atoms with van der Waals surface area (Å²) < 4.78 is 10.6. The molecule has 1 N–H and O–H groups in total. The first kappa shape index (κ1) is 18.6. The van der Waals surface area contributed by atoms with Gasteiger partial charge in [-0.05, 0) is 6.92 Å². The van der Waals surface area contributed by atoms with Crippen LogP contribution in [0.4, 0.5) is 4.79 Å². The molecule has 0 bridgehead atoms. The highest BCUT2D eigenvalue weighted by Crippen LogP contribution is 2.20. The van der Waals surface area contributed by atoms with E-state index >= 15 is 0 Å². The summed E-state index contributed by atoms with van der Waals surface area (Å²) in [6.45, 7) is 6.07. The summed E-state index contributed by atoms with van der Waals surface area (Å²) in [7, 11) is 1.69. The van der Waals surface area contributed by atoms with Gasteiger partial charge in [-0.3, -0.25) is 0 Å². The molecule has 1 aromatic carbocycles. The average molecular weight is 369 g/mol. The van der Waals surface area contributed by atoms with E-state index in [1.807, 2.05) is 50.2 Å². The number of nitrogens with zero attached hydrogens (tertiary/aromatic N) is 4. The number of rotatable bonds is 6. The molecular formula is C19H23N5O3. The number of aromatic nitrogens is 3. The van der Waals surface area contributed by atoms with E-state index in [1.165, 1.54) is 4.90 Å². The molecule has 0 aliphatic heterocycles. The Balaban J connectivity index is 1.58. The lowest BCUT2D eigenvalue weighted by Gasteiger charge is -2.18. The van der Waals surface area contributed by atoms with Gasteiger partial charge in [-0.1, -0.05) is 54.5 Å². The summed E-state index contributed by atoms with van der Waals surface area (Å²) in [5.41, 5.74) is 1.60. The fourth-order valence-corrected chi connectivity index (χ4v) is 2.45. The minimum absolute atomic E-state index is 0.166. The molecule has 0 saturated carbocycles. The molecule has 2 heterocycles. The number of nitrogens with one attached hydrogen (secondary N) is 1. The van der Waals surface area contributed by atoms with E-state index in [0.717, 1.165) is 5.56 Å². The first-order chi connectivity index (χ1) is 12.9. The molecule has 0 saturated heterocycles. The lowest BCUT2D eigenvalue weighted by atomic mass is 10.1. The largest absolute Gasteiger partial charge is 0.356 e. The zero-order valence-electron chi connectivity index (χ0n) is 15.8. The van der Waals surface area contributed by atoms with E-state index in [1.54, 1.807) is 14.0 Å². The highest BCUT2D eigenvalue weighted by atomic mass is 16.5. The van der Waals surface area contributed by atoms with Crippen molar-refractivity contribution in [2.45, 2.75) is 39.3 Å². The molecule has 0 fully saturated rings. The summed E-state index contributed by atoms with van der Waals surface area (Å²) in [5, 5.41) is 10.8. The first-order valence-electron chi connectivity index (χ1n) is 8.80. The Hall–Kier alpha value is -3.16. The van der Waals surface area contributed by atoms with Gasteiger partial charge in [-0.15, -0.1) is 0 Å². The highest BCUT2D eigenvalue weighted by Gasteiger charge is 2.20. The number of hydrogen-bond acceptors (Lipinski definition) is 6. The normalized spacial score (nSPS) is 12.2. The average Bonchev–Trinajstić information content (AvgIpc) is 3.32. The number of carbonyl (C=O) groups is 1. The Bertz CT molecular complexity index is 888. The van der Waals surface area contributed by atoms with Crippen molar-refractivity contribution in [2.75, 3.05) is 7.05 Å². The molecule has 8 heteroatoms. The van der Waals surface area contributed by atoms with E-state index in [-0.39, 0.29) is 11.9 Å². The van der Waals surface area contributed by atoms with Gasteiger partial charge in [0.05, 0.1) is 6.54 Å². The zero-order chi connectivity index (χ0) is 19.4. The van der Waals surface area contributed by atoms with Gasteiger partial charge in [0.2, 0.25) is 5.89 Å². The number of hydrogen-bond donors (Lipinski definition) is 1. The van der Waals surface area contributed by atoms with Gasteiger partial charge in [0.1, 0.15) is 11.7 Å². The zero-order valence-corrected chi connectivity index (χ0v) is 15.8. The van der Waals surface area contributed by atoms with Crippen LogP contribution in [0.5, 0.6) is 0 Å². The SMILES string of the molecule is CC(C)c1noc([C@@H](C)NC(=O)N(C)Cc2cc(-c3ccccc3)on2)n1. The molecule has 2 aromatic heterocycles. The second kappa shape index (κ2) is 8.03. The van der Waals surface area contributed by atoms with Crippen molar-refractivity contribution in [3.8, 4) is 11.3 Å². The van der Waals surface area contributed by atoms with Gasteiger partial charge in [-0.25, -0.2) is 4.79 Å². The van der Waals surface area contributed by atoms with Gasteiger partial charge in [-0.2, -0.15) is 4.98 Å². The van der Waals surface area contributed by atoms with Gasteiger partial charge < -0.3 is 19.3 Å². The van der Waals surface area contributed by atoms with Crippen LogP contribution in [0.3, 0.4) is 0 Å². The summed E-state index contributed by atoms with van der Waals surface area (Å²) in [4.78, 5) is 18.2. The van der Waals surface area contributed by atoms with Gasteiger partial charge >= 0.3 is 6.03 Å². The van der Waals surface area contributed by atoms with Crippen LogP contribution >= 0.6 is 0 Å². The molecule has 27 heavy (non-hydrogen) atoms. The Kier molecular flexibility index (Phi) is 5.54. The molecule has 142 valence electrons. The topological polar surface area (TPSA) is 97.3 Å². The number of amides is 2. The van der Waals surface area contributed by atoms with Crippen molar-refractivity contribution in [3.63, 3.8) is 0 Å². The van der Waals surface area contributed by atoms with E-state index in [4.69, 9.17) is 9.05 Å². The van der Waals surface area contributed by atoms with Crippen molar-refractivity contribution in [1.82, 2.24) is 25.5 Å². The minimum Gasteiger partial charge on any atom is -0.356 e. The van der Waals surface area contributed by atoms with E-state index in [0.29, 0.717) is 29.7 Å². The molecule has 8 nitrogen and oxygen atoms in total. The van der Waals surface area contributed by atoms with Crippen molar-refractivity contribution in [3.05, 3.63) is 53.8 Å². The summed E-state index contributed by atoms with van der Waals surface area (Å²) in [5.74, 6) is 1.84. The summed E-state index contributed by atoms with van der Waals surface area (Å²) in [6.07, 6.45) is 0. The van der Waals surface area contributed by atoms with Crippen LogP contribution in [-0.4, -0.2) is 33.3 Å². The number of carbonyl (C=O) groups excluding carboxylic acids is 1. The maximum Gasteiger partial charge on any atom is 0.318 e. The Morgan fingerprint density at radius 2 is 1.89 bits per heavy atom. The third-order valence-electron chi connectivity index (χ3n) is 4.05. The van der Waals surface area contributed by atoms with E-state index in [2.05, 4.69) is 20.6 Å². The molecule has 3 rings (SSSR count). The molecule has 0 unspecified atom stereocenters. The first-order valence-corrected chi connectivity index (χ1v) is 8.80. The van der Waals surface area contributed by atoms with Gasteiger partial charge in [0.25, 0.3) is 0 Å². The third-order valence-corrected chi connectivity index (χ3v) is 4.05. The van der Waals surface area contributed by atoms with Crippen LogP contribution in [0.15, 0.2) is 45.4 Å². The Labute approximate surface area is 157 Å². The number of urea groups is 1. The van der Waals surface area contributed by atoms with Crippen molar-refractivity contribution in [2.24, 2.45) is 0 Å². The fourth-order valence-electron chi connectivity index (χ4n) is 2.45.